The van der Waals surface area contributed by atoms with Crippen LogP contribution in [0, 0.1) is 0 Å². The summed E-state index contributed by atoms with van der Waals surface area (Å²) in [5, 5.41) is 9.18. The average molecular weight is 156 g/mol. The summed E-state index contributed by atoms with van der Waals surface area (Å²) in [6, 6.07) is 0. The maximum Gasteiger partial charge on any atom is 0.333 e. The first-order valence-corrected chi connectivity index (χ1v) is 3.69. The molecule has 0 saturated carbocycles. The number of esters is 1. The molecule has 0 aliphatic heterocycles. The molecule has 0 fully saturated rings. The third-order valence-corrected chi connectivity index (χ3v) is 1.79. The van der Waals surface area contributed by atoms with E-state index in [9.17, 15) is 9.90 Å². The first-order valence-electron chi connectivity index (χ1n) is 3.69. The van der Waals surface area contributed by atoms with Crippen LogP contribution >= 0.6 is 0 Å². The highest BCUT2D eigenvalue weighted by Gasteiger charge is 2.17. The van der Waals surface area contributed by atoms with Gasteiger partial charge in [-0.2, -0.15) is 0 Å². The summed E-state index contributed by atoms with van der Waals surface area (Å²) in [6.45, 7) is 0. The van der Waals surface area contributed by atoms with E-state index in [4.69, 9.17) is 0 Å². The van der Waals surface area contributed by atoms with Crippen molar-refractivity contribution in [2.24, 2.45) is 0 Å². The number of ether oxygens (including phenoxy) is 1. The minimum atomic E-state index is -0.367. The van der Waals surface area contributed by atoms with Gasteiger partial charge in [0.15, 0.2) is 0 Å². The molecule has 0 heterocycles. The van der Waals surface area contributed by atoms with E-state index in [2.05, 4.69) is 4.74 Å². The van der Waals surface area contributed by atoms with Gasteiger partial charge in [-0.1, -0.05) is 6.08 Å². The number of methoxy groups -OCH3 is 1. The molecule has 11 heavy (non-hydrogen) atoms. The molecular weight excluding hydrogens is 144 g/mol. The maximum absolute atomic E-state index is 10.9. The molecule has 1 N–H and O–H groups in total. The van der Waals surface area contributed by atoms with Gasteiger partial charge < -0.3 is 9.84 Å². The van der Waals surface area contributed by atoms with Crippen LogP contribution in [0.4, 0.5) is 0 Å². The number of allylic oxidation sites excluding steroid dienone is 1. The zero-order valence-electron chi connectivity index (χ0n) is 6.54. The monoisotopic (exact) mass is 156 g/mol. The second-order valence-corrected chi connectivity index (χ2v) is 2.66. The molecule has 3 nitrogen and oxygen atoms in total. The number of aliphatic hydroxyl groups is 1. The van der Waals surface area contributed by atoms with E-state index < -0.39 is 0 Å². The second kappa shape index (κ2) is 3.53. The Morgan fingerprint density at radius 3 is 3.09 bits per heavy atom. The Bertz CT molecular complexity index is 184. The van der Waals surface area contributed by atoms with Gasteiger partial charge >= 0.3 is 5.97 Å². The number of carbonyl (C=O) groups excluding carboxylic acids is 1. The summed E-state index contributed by atoms with van der Waals surface area (Å²) in [5.74, 6) is -0.316. The number of carbonyl (C=O) groups is 1. The third-order valence-electron chi connectivity index (χ3n) is 1.79. The van der Waals surface area contributed by atoms with Gasteiger partial charge in [0.05, 0.1) is 13.2 Å². The molecule has 0 saturated heterocycles. The molecule has 0 bridgehead atoms. The van der Waals surface area contributed by atoms with Crippen molar-refractivity contribution in [1.29, 1.82) is 0 Å². The molecule has 0 radical (unpaired) electrons. The van der Waals surface area contributed by atoms with Crippen LogP contribution in [0.1, 0.15) is 19.3 Å². The summed E-state index contributed by atoms with van der Waals surface area (Å²) >= 11 is 0. The summed E-state index contributed by atoms with van der Waals surface area (Å²) in [6.07, 6.45) is 3.42. The first-order chi connectivity index (χ1) is 5.24. The summed E-state index contributed by atoms with van der Waals surface area (Å²) in [7, 11) is 1.35. The van der Waals surface area contributed by atoms with Crippen molar-refractivity contribution in [1.82, 2.24) is 0 Å². The number of aliphatic hydroxyl groups excluding tert-OH is 1. The lowest BCUT2D eigenvalue weighted by molar-refractivity contribution is -0.136. The van der Waals surface area contributed by atoms with Crippen molar-refractivity contribution >= 4 is 5.97 Å². The number of rotatable bonds is 1. The van der Waals surface area contributed by atoms with Gasteiger partial charge in [-0.15, -0.1) is 0 Å². The third kappa shape index (κ3) is 2.05. The van der Waals surface area contributed by atoms with Gasteiger partial charge in [-0.25, -0.2) is 4.79 Å². The van der Waals surface area contributed by atoms with Crippen molar-refractivity contribution in [2.75, 3.05) is 7.11 Å². The van der Waals surface area contributed by atoms with Crippen LogP contribution in [0.15, 0.2) is 11.6 Å². The van der Waals surface area contributed by atoms with E-state index in [-0.39, 0.29) is 12.1 Å². The highest BCUT2D eigenvalue weighted by atomic mass is 16.5. The van der Waals surface area contributed by atoms with Gasteiger partial charge in [0, 0.05) is 12.0 Å². The van der Waals surface area contributed by atoms with Gasteiger partial charge in [0.25, 0.3) is 0 Å². The second-order valence-electron chi connectivity index (χ2n) is 2.66. The van der Waals surface area contributed by atoms with Crippen molar-refractivity contribution in [2.45, 2.75) is 25.4 Å². The minimum Gasteiger partial charge on any atom is -0.466 e. The zero-order chi connectivity index (χ0) is 8.27. The zero-order valence-corrected chi connectivity index (χ0v) is 6.54. The highest BCUT2D eigenvalue weighted by Crippen LogP contribution is 2.18. The normalized spacial score (nSPS) is 24.2. The smallest absolute Gasteiger partial charge is 0.333 e. The first kappa shape index (κ1) is 8.27. The van der Waals surface area contributed by atoms with Gasteiger partial charge in [-0.3, -0.25) is 0 Å². The van der Waals surface area contributed by atoms with Gasteiger partial charge in [0.1, 0.15) is 0 Å². The van der Waals surface area contributed by atoms with E-state index in [1.165, 1.54) is 7.11 Å². The van der Waals surface area contributed by atoms with Crippen LogP contribution in [-0.4, -0.2) is 24.3 Å². The molecule has 0 aromatic rings. The van der Waals surface area contributed by atoms with Crippen LogP contribution in [0.5, 0.6) is 0 Å². The lowest BCUT2D eigenvalue weighted by Gasteiger charge is -2.15. The van der Waals surface area contributed by atoms with Crippen LogP contribution in [-0.2, 0) is 9.53 Å². The van der Waals surface area contributed by atoms with Gasteiger partial charge in [0.2, 0.25) is 0 Å². The quantitative estimate of drug-likeness (QED) is 0.566. The van der Waals surface area contributed by atoms with E-state index in [1.807, 2.05) is 6.08 Å². The van der Waals surface area contributed by atoms with Crippen molar-refractivity contribution in [3.8, 4) is 0 Å². The standard InChI is InChI=1S/C8H12O3/c1-11-8(10)6-3-2-4-7(9)5-6/h3,7,9H,2,4-5H2,1H3. The van der Waals surface area contributed by atoms with E-state index in [0.29, 0.717) is 12.0 Å². The van der Waals surface area contributed by atoms with Crippen molar-refractivity contribution in [3.63, 3.8) is 0 Å². The molecule has 0 aromatic carbocycles. The molecule has 3 heteroatoms. The Balaban J connectivity index is 2.57. The van der Waals surface area contributed by atoms with Crippen molar-refractivity contribution < 1.29 is 14.6 Å². The Morgan fingerprint density at radius 1 is 1.82 bits per heavy atom. The Kier molecular flexibility index (Phi) is 2.65. The van der Waals surface area contributed by atoms with Crippen LogP contribution in [0.25, 0.3) is 0 Å². The molecule has 0 spiro atoms. The number of hydrogen-bond donors (Lipinski definition) is 1. The maximum atomic E-state index is 10.9. The topological polar surface area (TPSA) is 46.5 Å². The molecule has 0 amide bonds. The Labute approximate surface area is 65.7 Å². The predicted molar refractivity (Wildman–Crippen MR) is 40.0 cm³/mol. The lowest BCUT2D eigenvalue weighted by Crippen LogP contribution is -2.17. The van der Waals surface area contributed by atoms with Gasteiger partial charge in [-0.05, 0) is 12.8 Å². The number of hydrogen-bond acceptors (Lipinski definition) is 3. The summed E-state index contributed by atoms with van der Waals surface area (Å²) in [5.41, 5.74) is 0.603. The predicted octanol–water partition coefficient (Wildman–Crippen LogP) is 0.631. The minimum absolute atomic E-state index is 0.316. The fraction of sp³-hybridized carbons (Fsp3) is 0.625. The summed E-state index contributed by atoms with van der Waals surface area (Å²) < 4.78 is 4.52. The van der Waals surface area contributed by atoms with E-state index >= 15 is 0 Å². The molecule has 1 rings (SSSR count). The molecule has 0 aromatic heterocycles. The van der Waals surface area contributed by atoms with E-state index in [1.54, 1.807) is 0 Å². The molecular formula is C8H12O3. The van der Waals surface area contributed by atoms with Crippen LogP contribution in [0.3, 0.4) is 0 Å². The average Bonchev–Trinajstić information content (AvgIpc) is 2.03. The molecule has 1 aliphatic carbocycles. The highest BCUT2D eigenvalue weighted by molar-refractivity contribution is 5.88. The molecule has 1 aliphatic rings. The van der Waals surface area contributed by atoms with E-state index in [0.717, 1.165) is 12.8 Å². The largest absolute Gasteiger partial charge is 0.466 e. The molecule has 1 atom stereocenters. The van der Waals surface area contributed by atoms with Crippen molar-refractivity contribution in [3.05, 3.63) is 11.6 Å². The summed E-state index contributed by atoms with van der Waals surface area (Å²) in [4.78, 5) is 10.9. The molecule has 1 unspecified atom stereocenters. The van der Waals surface area contributed by atoms with Crippen LogP contribution < -0.4 is 0 Å². The Morgan fingerprint density at radius 2 is 2.55 bits per heavy atom. The fourth-order valence-electron chi connectivity index (χ4n) is 1.19. The Hall–Kier alpha value is -0.830. The SMILES string of the molecule is COC(=O)C1=CCCC(O)C1. The van der Waals surface area contributed by atoms with Crippen LogP contribution in [0.2, 0.25) is 0 Å². The fourth-order valence-corrected chi connectivity index (χ4v) is 1.19. The molecule has 62 valence electrons. The lowest BCUT2D eigenvalue weighted by atomic mass is 9.97.